The average Bonchev–Trinajstić information content (AvgIpc) is 3.04. The summed E-state index contributed by atoms with van der Waals surface area (Å²) in [7, 11) is 0. The maximum atomic E-state index is 12.7. The molecule has 1 amide bonds. The fourth-order valence-electron chi connectivity index (χ4n) is 3.36. The van der Waals surface area contributed by atoms with Gasteiger partial charge in [-0.2, -0.15) is 0 Å². The highest BCUT2D eigenvalue weighted by atomic mass is 79.9. The third kappa shape index (κ3) is 3.43. The number of hydrogen-bond donors (Lipinski definition) is 0. The van der Waals surface area contributed by atoms with E-state index in [4.69, 9.17) is 11.6 Å². The molecular formula is C16H20BrClN2O. The van der Waals surface area contributed by atoms with Crippen molar-refractivity contribution in [3.05, 3.63) is 33.3 Å². The van der Waals surface area contributed by atoms with Gasteiger partial charge in [-0.05, 0) is 72.9 Å². The van der Waals surface area contributed by atoms with E-state index in [0.717, 1.165) is 24.0 Å². The van der Waals surface area contributed by atoms with E-state index in [-0.39, 0.29) is 5.91 Å². The average molecular weight is 372 g/mol. The predicted molar refractivity (Wildman–Crippen MR) is 88.9 cm³/mol. The lowest BCUT2D eigenvalue weighted by atomic mass is 10.0. The standard InChI is InChI=1S/C16H20BrClN2O/c17-14-10-12(5-6-15(14)18)16(21)20-9-3-4-13(11-20)19-7-1-2-8-19/h5-6,10,13H,1-4,7-9,11H2. The van der Waals surface area contributed by atoms with Gasteiger partial charge in [0, 0.05) is 29.2 Å². The Morgan fingerprint density at radius 3 is 2.67 bits per heavy atom. The summed E-state index contributed by atoms with van der Waals surface area (Å²) in [5.74, 6) is 0.122. The first kappa shape index (κ1) is 15.3. The molecule has 1 aromatic rings. The molecule has 1 atom stereocenters. The van der Waals surface area contributed by atoms with Crippen LogP contribution in [0.5, 0.6) is 0 Å². The molecular weight excluding hydrogens is 352 g/mol. The Balaban J connectivity index is 1.70. The van der Waals surface area contributed by atoms with Crippen molar-refractivity contribution < 1.29 is 4.79 Å². The maximum absolute atomic E-state index is 12.7. The summed E-state index contributed by atoms with van der Waals surface area (Å²) in [6.07, 6.45) is 4.92. The highest BCUT2D eigenvalue weighted by Crippen LogP contribution is 2.25. The van der Waals surface area contributed by atoms with Gasteiger partial charge in [0.1, 0.15) is 0 Å². The molecule has 1 unspecified atom stereocenters. The second kappa shape index (κ2) is 6.67. The first-order valence-corrected chi connectivity index (χ1v) is 8.80. The fraction of sp³-hybridized carbons (Fsp3) is 0.562. The van der Waals surface area contributed by atoms with Crippen molar-refractivity contribution in [1.82, 2.24) is 9.80 Å². The van der Waals surface area contributed by atoms with Crippen molar-refractivity contribution in [3.8, 4) is 0 Å². The summed E-state index contributed by atoms with van der Waals surface area (Å²) in [6.45, 7) is 4.11. The topological polar surface area (TPSA) is 23.6 Å². The number of amides is 1. The van der Waals surface area contributed by atoms with Crippen molar-refractivity contribution in [3.63, 3.8) is 0 Å². The molecule has 2 heterocycles. The summed E-state index contributed by atoms with van der Waals surface area (Å²) in [6, 6.07) is 5.96. The Labute approximate surface area is 139 Å². The molecule has 2 aliphatic rings. The number of hydrogen-bond acceptors (Lipinski definition) is 2. The van der Waals surface area contributed by atoms with Crippen LogP contribution in [-0.2, 0) is 0 Å². The molecule has 0 saturated carbocycles. The van der Waals surface area contributed by atoms with Crippen LogP contribution < -0.4 is 0 Å². The largest absolute Gasteiger partial charge is 0.337 e. The molecule has 21 heavy (non-hydrogen) atoms. The van der Waals surface area contributed by atoms with Gasteiger partial charge in [0.15, 0.2) is 0 Å². The fourth-order valence-corrected chi connectivity index (χ4v) is 3.85. The molecule has 114 valence electrons. The Morgan fingerprint density at radius 1 is 1.19 bits per heavy atom. The number of likely N-dealkylation sites (tertiary alicyclic amines) is 2. The molecule has 2 fully saturated rings. The number of carbonyl (C=O) groups excluding carboxylic acids is 1. The van der Waals surface area contributed by atoms with Gasteiger partial charge in [-0.1, -0.05) is 11.6 Å². The van der Waals surface area contributed by atoms with Gasteiger partial charge in [0.2, 0.25) is 0 Å². The van der Waals surface area contributed by atoms with Crippen LogP contribution in [0.15, 0.2) is 22.7 Å². The lowest BCUT2D eigenvalue weighted by Crippen LogP contribution is -2.49. The molecule has 3 rings (SSSR count). The van der Waals surface area contributed by atoms with Crippen molar-refractivity contribution in [2.24, 2.45) is 0 Å². The highest BCUT2D eigenvalue weighted by molar-refractivity contribution is 9.10. The Hall–Kier alpha value is -0.580. The van der Waals surface area contributed by atoms with E-state index in [9.17, 15) is 4.79 Å². The van der Waals surface area contributed by atoms with Crippen LogP contribution in [0.1, 0.15) is 36.0 Å². The first-order chi connectivity index (χ1) is 10.1. The molecule has 3 nitrogen and oxygen atoms in total. The van der Waals surface area contributed by atoms with Gasteiger partial charge in [-0.25, -0.2) is 0 Å². The number of halogens is 2. The van der Waals surface area contributed by atoms with Crippen LogP contribution in [0.3, 0.4) is 0 Å². The van der Waals surface area contributed by atoms with Gasteiger partial charge in [0.25, 0.3) is 5.91 Å². The van der Waals surface area contributed by atoms with Crippen molar-refractivity contribution >= 4 is 33.4 Å². The van der Waals surface area contributed by atoms with E-state index < -0.39 is 0 Å². The molecule has 2 aliphatic heterocycles. The second-order valence-electron chi connectivity index (χ2n) is 5.92. The first-order valence-electron chi connectivity index (χ1n) is 7.63. The van der Waals surface area contributed by atoms with E-state index in [0.29, 0.717) is 16.6 Å². The lowest BCUT2D eigenvalue weighted by molar-refractivity contribution is 0.0608. The zero-order valence-corrected chi connectivity index (χ0v) is 14.4. The molecule has 5 heteroatoms. The monoisotopic (exact) mass is 370 g/mol. The zero-order valence-electron chi connectivity index (χ0n) is 12.0. The van der Waals surface area contributed by atoms with Crippen molar-refractivity contribution in [1.29, 1.82) is 0 Å². The number of rotatable bonds is 2. The van der Waals surface area contributed by atoms with Gasteiger partial charge >= 0.3 is 0 Å². The predicted octanol–water partition coefficient (Wildman–Crippen LogP) is 3.80. The summed E-state index contributed by atoms with van der Waals surface area (Å²) in [4.78, 5) is 17.2. The summed E-state index contributed by atoms with van der Waals surface area (Å²) in [5, 5.41) is 0.639. The highest BCUT2D eigenvalue weighted by Gasteiger charge is 2.29. The van der Waals surface area contributed by atoms with Gasteiger partial charge in [-0.15, -0.1) is 0 Å². The lowest BCUT2D eigenvalue weighted by Gasteiger charge is -2.37. The van der Waals surface area contributed by atoms with Crippen LogP contribution >= 0.6 is 27.5 Å². The van der Waals surface area contributed by atoms with Gasteiger partial charge < -0.3 is 4.90 Å². The molecule has 2 saturated heterocycles. The van der Waals surface area contributed by atoms with E-state index in [2.05, 4.69) is 20.8 Å². The quantitative estimate of drug-likeness (QED) is 0.789. The number of benzene rings is 1. The van der Waals surface area contributed by atoms with Gasteiger partial charge in [0.05, 0.1) is 5.02 Å². The third-order valence-corrected chi connectivity index (χ3v) is 5.72. The normalized spacial score (nSPS) is 23.5. The number of nitrogens with zero attached hydrogens (tertiary/aromatic N) is 2. The van der Waals surface area contributed by atoms with Crippen LogP contribution in [0.4, 0.5) is 0 Å². The molecule has 0 N–H and O–H groups in total. The van der Waals surface area contributed by atoms with E-state index in [1.54, 1.807) is 6.07 Å². The summed E-state index contributed by atoms with van der Waals surface area (Å²) < 4.78 is 0.781. The van der Waals surface area contributed by atoms with Crippen LogP contribution in [0.25, 0.3) is 0 Å². The molecule has 0 spiro atoms. The number of piperidine rings is 1. The van der Waals surface area contributed by atoms with Crippen molar-refractivity contribution in [2.75, 3.05) is 26.2 Å². The minimum Gasteiger partial charge on any atom is -0.337 e. The molecule has 0 bridgehead atoms. The minimum atomic E-state index is 0.122. The van der Waals surface area contributed by atoms with E-state index in [1.165, 1.54) is 32.4 Å². The zero-order chi connectivity index (χ0) is 14.8. The number of carbonyl (C=O) groups is 1. The van der Waals surface area contributed by atoms with Crippen LogP contribution in [0.2, 0.25) is 5.02 Å². The Morgan fingerprint density at radius 2 is 1.95 bits per heavy atom. The maximum Gasteiger partial charge on any atom is 0.253 e. The van der Waals surface area contributed by atoms with Crippen molar-refractivity contribution in [2.45, 2.75) is 31.7 Å². The van der Waals surface area contributed by atoms with E-state index in [1.807, 2.05) is 17.0 Å². The minimum absolute atomic E-state index is 0.122. The Bertz CT molecular complexity index is 531. The molecule has 1 aromatic carbocycles. The Kier molecular flexibility index (Phi) is 4.87. The SMILES string of the molecule is O=C(c1ccc(Cl)c(Br)c1)N1CCCC(N2CCCC2)C1. The van der Waals surface area contributed by atoms with E-state index >= 15 is 0 Å². The van der Waals surface area contributed by atoms with Crippen LogP contribution in [0, 0.1) is 0 Å². The van der Waals surface area contributed by atoms with Gasteiger partial charge in [-0.3, -0.25) is 9.69 Å². The summed E-state index contributed by atoms with van der Waals surface area (Å²) >= 11 is 9.40. The molecule has 0 aliphatic carbocycles. The third-order valence-electron chi connectivity index (χ3n) is 4.51. The second-order valence-corrected chi connectivity index (χ2v) is 7.18. The molecule has 0 radical (unpaired) electrons. The molecule has 0 aromatic heterocycles. The smallest absolute Gasteiger partial charge is 0.253 e. The summed E-state index contributed by atoms with van der Waals surface area (Å²) in [5.41, 5.74) is 0.716. The van der Waals surface area contributed by atoms with Crippen LogP contribution in [-0.4, -0.2) is 47.9 Å².